The fourth-order valence-electron chi connectivity index (χ4n) is 3.19. The number of thiocarbonyl (C=S) groups is 1. The minimum atomic E-state index is -0.805. The Kier molecular flexibility index (Phi) is 3.05. The number of imide groups is 1. The standard InChI is InChI=1S/C14H15N3O2S/c15-13(20)14(5-2-1-3-6-14)17-11(18)9-4-7-16-8-10(9)12(17)19/h4,7-8H,1-3,5-6H2,(H2,15,20). The lowest BCUT2D eigenvalue weighted by Crippen LogP contribution is -2.59. The number of aromatic nitrogens is 1. The number of hydrogen-bond donors (Lipinski definition) is 1. The molecular weight excluding hydrogens is 274 g/mol. The van der Waals surface area contributed by atoms with Gasteiger partial charge in [0.2, 0.25) is 0 Å². The second kappa shape index (κ2) is 4.63. The summed E-state index contributed by atoms with van der Waals surface area (Å²) in [7, 11) is 0. The number of nitrogens with two attached hydrogens (primary N) is 1. The van der Waals surface area contributed by atoms with Crippen molar-refractivity contribution >= 4 is 29.0 Å². The Bertz CT molecular complexity index is 573. The van der Waals surface area contributed by atoms with E-state index in [-0.39, 0.29) is 16.8 Å². The highest BCUT2D eigenvalue weighted by molar-refractivity contribution is 7.80. The topological polar surface area (TPSA) is 76.3 Å². The molecule has 1 aromatic heterocycles. The molecule has 0 bridgehead atoms. The van der Waals surface area contributed by atoms with Crippen molar-refractivity contribution in [3.8, 4) is 0 Å². The van der Waals surface area contributed by atoms with Crippen LogP contribution in [-0.2, 0) is 0 Å². The van der Waals surface area contributed by atoms with Crippen LogP contribution in [0.4, 0.5) is 0 Å². The van der Waals surface area contributed by atoms with Crippen molar-refractivity contribution in [3.63, 3.8) is 0 Å². The Labute approximate surface area is 122 Å². The molecule has 2 N–H and O–H groups in total. The van der Waals surface area contributed by atoms with Crippen LogP contribution in [0.5, 0.6) is 0 Å². The molecule has 5 nitrogen and oxygen atoms in total. The lowest BCUT2D eigenvalue weighted by Gasteiger charge is -2.42. The van der Waals surface area contributed by atoms with Crippen molar-refractivity contribution in [3.05, 3.63) is 29.6 Å². The summed E-state index contributed by atoms with van der Waals surface area (Å²) in [5.74, 6) is -0.630. The molecule has 1 fully saturated rings. The molecule has 2 heterocycles. The lowest BCUT2D eigenvalue weighted by atomic mass is 9.80. The molecule has 2 amide bonds. The largest absolute Gasteiger partial charge is 0.391 e. The zero-order chi connectivity index (χ0) is 14.3. The van der Waals surface area contributed by atoms with Gasteiger partial charge in [-0.25, -0.2) is 0 Å². The maximum atomic E-state index is 12.6. The maximum absolute atomic E-state index is 12.6. The first kappa shape index (κ1) is 13.2. The van der Waals surface area contributed by atoms with Gasteiger partial charge >= 0.3 is 0 Å². The van der Waals surface area contributed by atoms with Gasteiger partial charge in [0.15, 0.2) is 0 Å². The fourth-order valence-corrected chi connectivity index (χ4v) is 3.49. The number of carbonyl (C=O) groups is 2. The number of pyridine rings is 1. The van der Waals surface area contributed by atoms with Crippen molar-refractivity contribution in [1.29, 1.82) is 0 Å². The van der Waals surface area contributed by atoms with Crippen LogP contribution in [0.25, 0.3) is 0 Å². The summed E-state index contributed by atoms with van der Waals surface area (Å²) in [6.07, 6.45) is 7.18. The first-order valence-electron chi connectivity index (χ1n) is 6.71. The average molecular weight is 289 g/mol. The molecule has 0 unspecified atom stereocenters. The van der Waals surface area contributed by atoms with Crippen molar-refractivity contribution in [2.24, 2.45) is 5.73 Å². The smallest absolute Gasteiger partial charge is 0.264 e. The van der Waals surface area contributed by atoms with Gasteiger partial charge in [-0.05, 0) is 18.9 Å². The Hall–Kier alpha value is -1.82. The zero-order valence-electron chi connectivity index (χ0n) is 11.0. The summed E-state index contributed by atoms with van der Waals surface area (Å²) >= 11 is 5.20. The van der Waals surface area contributed by atoms with Crippen LogP contribution in [0, 0.1) is 0 Å². The number of hydrogen-bond acceptors (Lipinski definition) is 4. The first-order valence-corrected chi connectivity index (χ1v) is 7.11. The highest BCUT2D eigenvalue weighted by Gasteiger charge is 2.51. The van der Waals surface area contributed by atoms with Crippen LogP contribution in [0.15, 0.2) is 18.5 Å². The van der Waals surface area contributed by atoms with Crippen LogP contribution < -0.4 is 5.73 Å². The van der Waals surface area contributed by atoms with E-state index in [4.69, 9.17) is 18.0 Å². The van der Waals surface area contributed by atoms with Crippen LogP contribution in [0.1, 0.15) is 52.8 Å². The summed E-state index contributed by atoms with van der Waals surface area (Å²) in [6.45, 7) is 0. The van der Waals surface area contributed by atoms with E-state index in [1.54, 1.807) is 6.07 Å². The SMILES string of the molecule is NC(=S)C1(N2C(=O)c3ccncc3C2=O)CCCCC1. The fraction of sp³-hybridized carbons (Fsp3) is 0.429. The quantitative estimate of drug-likeness (QED) is 0.662. The van der Waals surface area contributed by atoms with Crippen molar-refractivity contribution in [2.45, 2.75) is 37.6 Å². The van der Waals surface area contributed by atoms with Crippen molar-refractivity contribution < 1.29 is 9.59 Å². The molecule has 0 radical (unpaired) electrons. The van der Waals surface area contributed by atoms with E-state index < -0.39 is 5.54 Å². The molecule has 20 heavy (non-hydrogen) atoms. The minimum absolute atomic E-state index is 0.236. The van der Waals surface area contributed by atoms with Gasteiger partial charge in [0.1, 0.15) is 5.54 Å². The van der Waals surface area contributed by atoms with Gasteiger partial charge in [-0.2, -0.15) is 0 Å². The molecule has 6 heteroatoms. The summed E-state index contributed by atoms with van der Waals surface area (Å²) in [4.78, 5) is 30.6. The third-order valence-corrected chi connectivity index (χ3v) is 4.64. The van der Waals surface area contributed by atoms with Crippen LogP contribution in [-0.4, -0.2) is 32.2 Å². The van der Waals surface area contributed by atoms with E-state index in [1.165, 1.54) is 17.3 Å². The highest BCUT2D eigenvalue weighted by Crippen LogP contribution is 2.39. The van der Waals surface area contributed by atoms with Crippen LogP contribution >= 0.6 is 12.2 Å². The molecule has 0 aromatic carbocycles. The van der Waals surface area contributed by atoms with Gasteiger partial charge in [-0.15, -0.1) is 0 Å². The van der Waals surface area contributed by atoms with Gasteiger partial charge in [-0.1, -0.05) is 31.5 Å². The molecule has 0 atom stereocenters. The molecule has 1 aliphatic carbocycles. The third kappa shape index (κ3) is 1.67. The predicted octanol–water partition coefficient (Wildman–Crippen LogP) is 1.67. The number of carbonyl (C=O) groups excluding carboxylic acids is 2. The number of fused-ring (bicyclic) bond motifs is 1. The highest BCUT2D eigenvalue weighted by atomic mass is 32.1. The summed E-state index contributed by atoms with van der Waals surface area (Å²) < 4.78 is 0. The second-order valence-electron chi connectivity index (χ2n) is 5.32. The Morgan fingerprint density at radius 3 is 2.45 bits per heavy atom. The number of rotatable bonds is 2. The monoisotopic (exact) mass is 289 g/mol. The first-order chi connectivity index (χ1) is 9.58. The Morgan fingerprint density at radius 1 is 1.20 bits per heavy atom. The normalized spacial score (nSPS) is 20.9. The third-order valence-electron chi connectivity index (χ3n) is 4.26. The number of amides is 2. The van der Waals surface area contributed by atoms with E-state index in [2.05, 4.69) is 4.98 Å². The van der Waals surface area contributed by atoms with Gasteiger partial charge < -0.3 is 5.73 Å². The summed E-state index contributed by atoms with van der Waals surface area (Å²) in [5.41, 5.74) is 5.85. The van der Waals surface area contributed by atoms with E-state index >= 15 is 0 Å². The van der Waals surface area contributed by atoms with E-state index in [0.29, 0.717) is 24.0 Å². The zero-order valence-corrected chi connectivity index (χ0v) is 11.8. The molecule has 1 aliphatic heterocycles. The molecule has 1 saturated carbocycles. The minimum Gasteiger partial charge on any atom is -0.391 e. The van der Waals surface area contributed by atoms with Gasteiger partial charge in [0.25, 0.3) is 11.8 Å². The van der Waals surface area contributed by atoms with Gasteiger partial charge in [0.05, 0.1) is 16.1 Å². The second-order valence-corrected chi connectivity index (χ2v) is 5.76. The van der Waals surface area contributed by atoms with E-state index in [0.717, 1.165) is 19.3 Å². The Balaban J connectivity index is 2.08. The lowest BCUT2D eigenvalue weighted by molar-refractivity contribution is 0.0470. The van der Waals surface area contributed by atoms with E-state index in [1.807, 2.05) is 0 Å². The summed E-state index contributed by atoms with van der Waals surface area (Å²) in [6, 6.07) is 1.58. The Morgan fingerprint density at radius 2 is 1.85 bits per heavy atom. The van der Waals surface area contributed by atoms with Gasteiger partial charge in [0, 0.05) is 12.4 Å². The van der Waals surface area contributed by atoms with Crippen LogP contribution in [0.3, 0.4) is 0 Å². The van der Waals surface area contributed by atoms with Crippen LogP contribution in [0.2, 0.25) is 0 Å². The van der Waals surface area contributed by atoms with E-state index in [9.17, 15) is 9.59 Å². The van der Waals surface area contributed by atoms with Crippen molar-refractivity contribution in [2.75, 3.05) is 0 Å². The van der Waals surface area contributed by atoms with Gasteiger partial charge in [-0.3, -0.25) is 19.5 Å². The maximum Gasteiger partial charge on any atom is 0.264 e. The average Bonchev–Trinajstić information content (AvgIpc) is 2.72. The predicted molar refractivity (Wildman–Crippen MR) is 77.3 cm³/mol. The summed E-state index contributed by atoms with van der Waals surface area (Å²) in [5, 5.41) is 0. The molecule has 1 aromatic rings. The molecule has 104 valence electrons. The molecular formula is C14H15N3O2S. The number of nitrogens with zero attached hydrogens (tertiary/aromatic N) is 2. The molecule has 2 aliphatic rings. The molecule has 0 spiro atoms. The molecule has 0 saturated heterocycles. The van der Waals surface area contributed by atoms with Crippen molar-refractivity contribution in [1.82, 2.24) is 9.88 Å². The molecule has 3 rings (SSSR count).